The van der Waals surface area contributed by atoms with E-state index in [1.807, 2.05) is 18.2 Å². The fraction of sp³-hybridized carbons (Fsp3) is 0.524. The summed E-state index contributed by atoms with van der Waals surface area (Å²) in [6.07, 6.45) is 0.498. The van der Waals surface area contributed by atoms with Crippen molar-refractivity contribution >= 4 is 11.3 Å². The van der Waals surface area contributed by atoms with Gasteiger partial charge in [-0.3, -0.25) is 4.90 Å². The maximum Gasteiger partial charge on any atom is 0.161 e. The molecule has 0 saturated carbocycles. The van der Waals surface area contributed by atoms with Crippen molar-refractivity contribution in [3.05, 3.63) is 46.2 Å². The fourth-order valence-corrected chi connectivity index (χ4v) is 3.87. The molecule has 28 heavy (non-hydrogen) atoms. The molecule has 7 heteroatoms. The van der Waals surface area contributed by atoms with Crippen molar-refractivity contribution in [3.63, 3.8) is 0 Å². The van der Waals surface area contributed by atoms with Crippen LogP contribution in [0.3, 0.4) is 0 Å². The van der Waals surface area contributed by atoms with Gasteiger partial charge in [-0.25, -0.2) is 0 Å². The minimum absolute atomic E-state index is 0.242. The number of nitrogens with zero attached hydrogens (tertiary/aromatic N) is 1. The Bertz CT molecular complexity index is 690. The number of hydrogen-bond donors (Lipinski definition) is 2. The molecule has 2 aromatic rings. The van der Waals surface area contributed by atoms with Gasteiger partial charge in [0.05, 0.1) is 20.3 Å². The lowest BCUT2D eigenvalue weighted by Crippen LogP contribution is -2.42. The number of ether oxygens (including phenoxy) is 3. The molecule has 2 N–H and O–H groups in total. The van der Waals surface area contributed by atoms with E-state index in [9.17, 15) is 5.11 Å². The maximum atomic E-state index is 10.2. The minimum atomic E-state index is -0.540. The van der Waals surface area contributed by atoms with Crippen molar-refractivity contribution in [1.82, 2.24) is 10.2 Å². The van der Waals surface area contributed by atoms with Crippen LogP contribution in [0.25, 0.3) is 0 Å². The molecule has 0 unspecified atom stereocenters. The Morgan fingerprint density at radius 3 is 2.86 bits per heavy atom. The number of aliphatic hydroxyl groups excluding tert-OH is 1. The summed E-state index contributed by atoms with van der Waals surface area (Å²) >= 11 is 1.79. The van der Waals surface area contributed by atoms with Crippen molar-refractivity contribution in [2.24, 2.45) is 0 Å². The summed E-state index contributed by atoms with van der Waals surface area (Å²) in [5, 5.41) is 15.8. The second kappa shape index (κ2) is 11.4. The van der Waals surface area contributed by atoms with Crippen molar-refractivity contribution < 1.29 is 19.3 Å². The number of aliphatic hydroxyl groups is 1. The fourth-order valence-electron chi connectivity index (χ4n) is 3.16. The molecule has 6 nitrogen and oxygen atoms in total. The summed E-state index contributed by atoms with van der Waals surface area (Å²) in [5.41, 5.74) is 1.14. The SMILES string of the molecule is COc1cc(CNCCc2cccs2)ccc1OC[C@H](O)CN1CCOCC1. The zero-order valence-corrected chi connectivity index (χ0v) is 17.2. The van der Waals surface area contributed by atoms with Gasteiger partial charge in [-0.2, -0.15) is 0 Å². The quantitative estimate of drug-likeness (QED) is 0.558. The van der Waals surface area contributed by atoms with Crippen LogP contribution in [0.5, 0.6) is 11.5 Å². The van der Waals surface area contributed by atoms with E-state index in [-0.39, 0.29) is 6.61 Å². The number of benzene rings is 1. The Morgan fingerprint density at radius 1 is 1.25 bits per heavy atom. The van der Waals surface area contributed by atoms with E-state index in [0.717, 1.165) is 51.4 Å². The molecular weight excluding hydrogens is 376 g/mol. The van der Waals surface area contributed by atoms with E-state index in [4.69, 9.17) is 14.2 Å². The number of hydrogen-bond acceptors (Lipinski definition) is 7. The Balaban J connectivity index is 1.42. The minimum Gasteiger partial charge on any atom is -0.493 e. The van der Waals surface area contributed by atoms with Gasteiger partial charge in [-0.15, -0.1) is 11.3 Å². The number of thiophene rings is 1. The van der Waals surface area contributed by atoms with Crippen LogP contribution in [-0.4, -0.2) is 69.2 Å². The molecule has 2 heterocycles. The maximum absolute atomic E-state index is 10.2. The molecule has 0 spiro atoms. The number of morpholine rings is 1. The predicted octanol–water partition coefficient (Wildman–Crippen LogP) is 2.16. The third-order valence-corrected chi connectivity index (χ3v) is 5.63. The third kappa shape index (κ3) is 6.76. The third-order valence-electron chi connectivity index (χ3n) is 4.69. The van der Waals surface area contributed by atoms with Gasteiger partial charge >= 0.3 is 0 Å². The lowest BCUT2D eigenvalue weighted by Gasteiger charge is -2.28. The topological polar surface area (TPSA) is 63.2 Å². The second-order valence-electron chi connectivity index (χ2n) is 6.87. The van der Waals surface area contributed by atoms with Crippen LogP contribution in [0.15, 0.2) is 35.7 Å². The van der Waals surface area contributed by atoms with Crippen LogP contribution < -0.4 is 14.8 Å². The van der Waals surface area contributed by atoms with E-state index in [2.05, 4.69) is 27.7 Å². The first-order chi connectivity index (χ1) is 13.7. The van der Waals surface area contributed by atoms with Crippen LogP contribution >= 0.6 is 11.3 Å². The molecule has 3 rings (SSSR count). The van der Waals surface area contributed by atoms with Crippen molar-refractivity contribution in [2.45, 2.75) is 19.1 Å². The molecular formula is C21H30N2O4S. The summed E-state index contributed by atoms with van der Waals surface area (Å²) in [6, 6.07) is 10.2. The summed E-state index contributed by atoms with van der Waals surface area (Å²) < 4.78 is 16.6. The summed E-state index contributed by atoms with van der Waals surface area (Å²) in [5.74, 6) is 1.35. The lowest BCUT2D eigenvalue weighted by molar-refractivity contribution is 0.00445. The molecule has 154 valence electrons. The van der Waals surface area contributed by atoms with Gasteiger partial charge in [0.25, 0.3) is 0 Å². The Kier molecular flexibility index (Phi) is 8.57. The van der Waals surface area contributed by atoms with E-state index >= 15 is 0 Å². The Morgan fingerprint density at radius 2 is 2.11 bits per heavy atom. The van der Waals surface area contributed by atoms with Gasteiger partial charge in [0.15, 0.2) is 11.5 Å². The number of rotatable bonds is 11. The van der Waals surface area contributed by atoms with Crippen LogP contribution in [0.2, 0.25) is 0 Å². The first-order valence-electron chi connectivity index (χ1n) is 9.75. The molecule has 0 amide bonds. The molecule has 0 radical (unpaired) electrons. The second-order valence-corrected chi connectivity index (χ2v) is 7.90. The number of nitrogens with one attached hydrogen (secondary N) is 1. The van der Waals surface area contributed by atoms with Gasteiger partial charge in [0.1, 0.15) is 12.7 Å². The smallest absolute Gasteiger partial charge is 0.161 e. The number of β-amino-alcohol motifs (C(OH)–C–C–N with tert-alkyl or cyclic N) is 1. The van der Waals surface area contributed by atoms with Gasteiger partial charge in [0, 0.05) is 37.6 Å². The van der Waals surface area contributed by atoms with Crippen LogP contribution in [0.1, 0.15) is 10.4 Å². The van der Waals surface area contributed by atoms with Gasteiger partial charge < -0.3 is 24.6 Å². The average molecular weight is 407 g/mol. The van der Waals surface area contributed by atoms with Crippen LogP contribution in [-0.2, 0) is 17.7 Å². The van der Waals surface area contributed by atoms with E-state index in [1.165, 1.54) is 4.88 Å². The summed E-state index contributed by atoms with van der Waals surface area (Å²) in [6.45, 7) is 5.72. The monoisotopic (exact) mass is 406 g/mol. The highest BCUT2D eigenvalue weighted by Gasteiger charge is 2.16. The van der Waals surface area contributed by atoms with Crippen molar-refractivity contribution in [1.29, 1.82) is 0 Å². The van der Waals surface area contributed by atoms with Gasteiger partial charge in [-0.05, 0) is 35.6 Å². The summed E-state index contributed by atoms with van der Waals surface area (Å²) in [7, 11) is 1.64. The highest BCUT2D eigenvalue weighted by Crippen LogP contribution is 2.28. The van der Waals surface area contributed by atoms with Crippen molar-refractivity contribution in [2.75, 3.05) is 53.1 Å². The lowest BCUT2D eigenvalue weighted by atomic mass is 10.2. The molecule has 1 aliphatic heterocycles. The Hall–Kier alpha value is -1.64. The van der Waals surface area contributed by atoms with Crippen molar-refractivity contribution in [3.8, 4) is 11.5 Å². The zero-order valence-electron chi connectivity index (χ0n) is 16.4. The largest absolute Gasteiger partial charge is 0.493 e. The van der Waals surface area contributed by atoms with E-state index in [1.54, 1.807) is 18.4 Å². The predicted molar refractivity (Wildman–Crippen MR) is 111 cm³/mol. The van der Waals surface area contributed by atoms with Crippen LogP contribution in [0.4, 0.5) is 0 Å². The molecule has 1 atom stereocenters. The van der Waals surface area contributed by atoms with Gasteiger partial charge in [0.2, 0.25) is 0 Å². The highest BCUT2D eigenvalue weighted by molar-refractivity contribution is 7.09. The molecule has 0 bridgehead atoms. The molecule has 1 fully saturated rings. The summed E-state index contributed by atoms with van der Waals surface area (Å²) in [4.78, 5) is 3.59. The molecule has 1 aromatic carbocycles. The van der Waals surface area contributed by atoms with E-state index < -0.39 is 6.10 Å². The van der Waals surface area contributed by atoms with E-state index in [0.29, 0.717) is 18.0 Å². The zero-order chi connectivity index (χ0) is 19.6. The normalized spacial score (nSPS) is 16.1. The molecule has 1 aromatic heterocycles. The van der Waals surface area contributed by atoms with Gasteiger partial charge in [-0.1, -0.05) is 12.1 Å². The highest BCUT2D eigenvalue weighted by atomic mass is 32.1. The first-order valence-corrected chi connectivity index (χ1v) is 10.6. The Labute approximate surface area is 171 Å². The molecule has 1 aliphatic rings. The average Bonchev–Trinajstić information content (AvgIpc) is 3.24. The standard InChI is InChI=1S/C21H30N2O4S/c1-25-21-13-17(14-22-7-6-19-3-2-12-28-19)4-5-20(21)27-16-18(24)15-23-8-10-26-11-9-23/h2-5,12-13,18,22,24H,6-11,14-16H2,1H3/t18-/m1/s1. The number of methoxy groups -OCH3 is 1. The molecule has 0 aliphatic carbocycles. The first kappa shape index (κ1) is 21.1. The molecule has 1 saturated heterocycles. The van der Waals surface area contributed by atoms with Crippen LogP contribution in [0, 0.1) is 0 Å².